The van der Waals surface area contributed by atoms with E-state index in [9.17, 15) is 0 Å². The summed E-state index contributed by atoms with van der Waals surface area (Å²) < 4.78 is 0. The number of nitrogens with one attached hydrogen (secondary N) is 2. The van der Waals surface area contributed by atoms with Gasteiger partial charge in [0.25, 0.3) is 0 Å². The molecule has 5 heteroatoms. The van der Waals surface area contributed by atoms with Crippen molar-refractivity contribution in [3.8, 4) is 0 Å². The molecule has 5 rings (SSSR count). The number of pyridine rings is 2. The number of rotatable bonds is 3. The number of anilines is 1. The Balaban J connectivity index is 1.74. The average Bonchev–Trinajstić information content (AvgIpc) is 3.11. The van der Waals surface area contributed by atoms with E-state index in [4.69, 9.17) is 4.98 Å². The molecule has 0 fully saturated rings. The van der Waals surface area contributed by atoms with E-state index >= 15 is 0 Å². The van der Waals surface area contributed by atoms with Gasteiger partial charge >= 0.3 is 0 Å². The van der Waals surface area contributed by atoms with Crippen LogP contribution in [0.15, 0.2) is 72.0 Å². The van der Waals surface area contributed by atoms with Crippen LogP contribution < -0.4 is 5.43 Å². The number of aromatic nitrogens is 3. The second-order valence-electron chi connectivity index (χ2n) is 6.93. The molecule has 2 N–H and O–H groups in total. The van der Waals surface area contributed by atoms with Crippen molar-refractivity contribution in [3.63, 3.8) is 0 Å². The summed E-state index contributed by atoms with van der Waals surface area (Å²) in [6, 6.07) is 20.4. The Morgan fingerprint density at radius 3 is 2.71 bits per heavy atom. The van der Waals surface area contributed by atoms with Gasteiger partial charge in [-0.25, -0.2) is 4.98 Å². The standard InChI is InChI=1S/C23H19N5/c1-14-10-11-20-17(13-14)21-22(25-20)16-7-3-4-9-19(16)26-23(21)28-27-15(2)18-8-5-6-12-24-18/h3-13,25H,1-2H3,(H,26,28)/b27-15+. The Hall–Kier alpha value is -3.73. The Morgan fingerprint density at radius 2 is 1.86 bits per heavy atom. The molecule has 5 nitrogen and oxygen atoms in total. The Kier molecular flexibility index (Phi) is 3.79. The Labute approximate surface area is 162 Å². The van der Waals surface area contributed by atoms with E-state index in [0.29, 0.717) is 0 Å². The highest BCUT2D eigenvalue weighted by Gasteiger charge is 2.14. The average molecular weight is 365 g/mol. The van der Waals surface area contributed by atoms with Crippen LogP contribution in [0.3, 0.4) is 0 Å². The van der Waals surface area contributed by atoms with Gasteiger partial charge in [0.1, 0.15) is 0 Å². The minimum atomic E-state index is 0.737. The van der Waals surface area contributed by atoms with Crippen molar-refractivity contribution in [1.82, 2.24) is 15.0 Å². The molecule has 0 saturated carbocycles. The minimum absolute atomic E-state index is 0.737. The number of H-pyrrole nitrogens is 1. The lowest BCUT2D eigenvalue weighted by atomic mass is 10.1. The van der Waals surface area contributed by atoms with Crippen LogP contribution in [0, 0.1) is 6.92 Å². The SMILES string of the molecule is C/C(=N\Nc1nc2ccccc2c2[nH]c3ccc(C)cc3c12)c1ccccn1. The number of fused-ring (bicyclic) bond motifs is 5. The number of hydrazone groups is 1. The molecule has 0 atom stereocenters. The van der Waals surface area contributed by atoms with Gasteiger partial charge in [-0.3, -0.25) is 10.4 Å². The third kappa shape index (κ3) is 2.68. The molecule has 0 bridgehead atoms. The fraction of sp³-hybridized carbons (Fsp3) is 0.0870. The number of nitrogens with zero attached hydrogens (tertiary/aromatic N) is 3. The van der Waals surface area contributed by atoms with E-state index in [-0.39, 0.29) is 0 Å². The van der Waals surface area contributed by atoms with Crippen molar-refractivity contribution in [2.75, 3.05) is 5.43 Å². The normalized spacial score (nSPS) is 12.1. The molecule has 0 unspecified atom stereocenters. The first-order valence-electron chi connectivity index (χ1n) is 9.23. The van der Waals surface area contributed by atoms with Crippen LogP contribution in [-0.2, 0) is 0 Å². The minimum Gasteiger partial charge on any atom is -0.354 e. The van der Waals surface area contributed by atoms with E-state index in [0.717, 1.165) is 49.9 Å². The zero-order valence-electron chi connectivity index (χ0n) is 15.7. The first kappa shape index (κ1) is 16.4. The van der Waals surface area contributed by atoms with E-state index in [1.54, 1.807) is 6.20 Å². The molecule has 2 aromatic carbocycles. The Bertz CT molecular complexity index is 1350. The molecule has 0 spiro atoms. The van der Waals surface area contributed by atoms with Crippen molar-refractivity contribution in [3.05, 3.63) is 78.1 Å². The number of aromatic amines is 1. The highest BCUT2D eigenvalue weighted by atomic mass is 15.3. The van der Waals surface area contributed by atoms with Gasteiger partial charge in [0.2, 0.25) is 0 Å². The van der Waals surface area contributed by atoms with Crippen LogP contribution in [0.2, 0.25) is 0 Å². The van der Waals surface area contributed by atoms with E-state index < -0.39 is 0 Å². The molecule has 0 aliphatic rings. The first-order valence-corrected chi connectivity index (χ1v) is 9.23. The molecule has 0 aliphatic carbocycles. The molecule has 0 radical (unpaired) electrons. The van der Waals surface area contributed by atoms with Gasteiger partial charge in [0.05, 0.1) is 27.8 Å². The maximum Gasteiger partial charge on any atom is 0.157 e. The van der Waals surface area contributed by atoms with E-state index in [2.05, 4.69) is 51.7 Å². The lowest BCUT2D eigenvalue weighted by molar-refractivity contribution is 1.23. The van der Waals surface area contributed by atoms with Crippen LogP contribution in [0.4, 0.5) is 5.82 Å². The molecule has 0 aliphatic heterocycles. The van der Waals surface area contributed by atoms with Crippen LogP contribution in [0.5, 0.6) is 0 Å². The summed E-state index contributed by atoms with van der Waals surface area (Å²) in [5.41, 5.74) is 9.12. The third-order valence-corrected chi connectivity index (χ3v) is 4.96. The molecule has 0 amide bonds. The maximum atomic E-state index is 4.86. The van der Waals surface area contributed by atoms with Crippen molar-refractivity contribution in [2.45, 2.75) is 13.8 Å². The molecular formula is C23H19N5. The predicted molar refractivity (Wildman–Crippen MR) is 116 cm³/mol. The fourth-order valence-electron chi connectivity index (χ4n) is 3.56. The van der Waals surface area contributed by atoms with Gasteiger partial charge in [-0.1, -0.05) is 35.9 Å². The first-order chi connectivity index (χ1) is 13.7. The summed E-state index contributed by atoms with van der Waals surface area (Å²) in [7, 11) is 0. The molecular weight excluding hydrogens is 346 g/mol. The van der Waals surface area contributed by atoms with Crippen molar-refractivity contribution < 1.29 is 0 Å². The highest BCUT2D eigenvalue weighted by Crippen LogP contribution is 2.35. The van der Waals surface area contributed by atoms with Crippen LogP contribution in [0.25, 0.3) is 32.7 Å². The number of hydrogen-bond donors (Lipinski definition) is 2. The van der Waals surface area contributed by atoms with Gasteiger partial charge in [0.15, 0.2) is 5.82 Å². The molecule has 28 heavy (non-hydrogen) atoms. The molecule has 136 valence electrons. The summed E-state index contributed by atoms with van der Waals surface area (Å²) in [5.74, 6) is 0.737. The van der Waals surface area contributed by atoms with Crippen LogP contribution in [-0.4, -0.2) is 20.7 Å². The van der Waals surface area contributed by atoms with Gasteiger partial charge < -0.3 is 4.98 Å². The fourth-order valence-corrected chi connectivity index (χ4v) is 3.56. The van der Waals surface area contributed by atoms with E-state index in [1.807, 2.05) is 43.3 Å². The molecule has 0 saturated heterocycles. The summed E-state index contributed by atoms with van der Waals surface area (Å²) >= 11 is 0. The second-order valence-corrected chi connectivity index (χ2v) is 6.93. The largest absolute Gasteiger partial charge is 0.354 e. The summed E-state index contributed by atoms with van der Waals surface area (Å²) in [5, 5.41) is 7.85. The predicted octanol–water partition coefficient (Wildman–Crippen LogP) is 5.41. The van der Waals surface area contributed by atoms with Gasteiger partial charge in [-0.05, 0) is 44.2 Å². The quantitative estimate of drug-likeness (QED) is 0.332. The van der Waals surface area contributed by atoms with Gasteiger partial charge in [0, 0.05) is 22.5 Å². The van der Waals surface area contributed by atoms with Crippen LogP contribution >= 0.6 is 0 Å². The van der Waals surface area contributed by atoms with Gasteiger partial charge in [-0.15, -0.1) is 0 Å². The van der Waals surface area contributed by atoms with Crippen LogP contribution in [0.1, 0.15) is 18.2 Å². The van der Waals surface area contributed by atoms with Crippen molar-refractivity contribution >= 4 is 44.2 Å². The lowest BCUT2D eigenvalue weighted by Gasteiger charge is -2.07. The Morgan fingerprint density at radius 1 is 1.00 bits per heavy atom. The summed E-state index contributed by atoms with van der Waals surface area (Å²) in [6.07, 6.45) is 1.77. The zero-order chi connectivity index (χ0) is 19.1. The molecule has 5 aromatic rings. The summed E-state index contributed by atoms with van der Waals surface area (Å²) in [6.45, 7) is 4.04. The van der Waals surface area contributed by atoms with Gasteiger partial charge in [-0.2, -0.15) is 5.10 Å². The lowest BCUT2D eigenvalue weighted by Crippen LogP contribution is -2.03. The number of para-hydroxylation sites is 1. The number of aryl methyl sites for hydroxylation is 1. The third-order valence-electron chi connectivity index (χ3n) is 4.96. The van der Waals surface area contributed by atoms with Crippen molar-refractivity contribution in [2.24, 2.45) is 5.10 Å². The maximum absolute atomic E-state index is 4.86. The highest BCUT2D eigenvalue weighted by molar-refractivity contribution is 6.20. The van der Waals surface area contributed by atoms with E-state index in [1.165, 1.54) is 5.56 Å². The second kappa shape index (κ2) is 6.46. The molecule has 3 aromatic heterocycles. The zero-order valence-corrected chi connectivity index (χ0v) is 15.7. The van der Waals surface area contributed by atoms with Crippen molar-refractivity contribution in [1.29, 1.82) is 0 Å². The molecule has 3 heterocycles. The topological polar surface area (TPSA) is 66.0 Å². The number of hydrogen-bond acceptors (Lipinski definition) is 4. The monoisotopic (exact) mass is 365 g/mol. The smallest absolute Gasteiger partial charge is 0.157 e. The summed E-state index contributed by atoms with van der Waals surface area (Å²) in [4.78, 5) is 12.8. The number of benzene rings is 2.